The number of nitrogens with zero attached hydrogens (tertiary/aromatic N) is 1. The van der Waals surface area contributed by atoms with E-state index in [1.54, 1.807) is 12.0 Å². The molecule has 0 aliphatic heterocycles. The standard InChI is InChI=1S/C15H21NO3/c1-10-4-5-12(11(2)19-3)8-13(10)9-16(15(17)18)14-6-7-14/h4-5,8,11,14H,6-7,9H2,1-3H3,(H,17,18). The highest BCUT2D eigenvalue weighted by atomic mass is 16.5. The van der Waals surface area contributed by atoms with Gasteiger partial charge in [0, 0.05) is 19.7 Å². The van der Waals surface area contributed by atoms with E-state index in [2.05, 4.69) is 6.07 Å². The Morgan fingerprint density at radius 2 is 2.21 bits per heavy atom. The fourth-order valence-electron chi connectivity index (χ4n) is 2.17. The Hall–Kier alpha value is -1.55. The highest BCUT2D eigenvalue weighted by Gasteiger charge is 2.32. The number of rotatable bonds is 5. The molecule has 1 aromatic rings. The van der Waals surface area contributed by atoms with Gasteiger partial charge in [0.1, 0.15) is 0 Å². The summed E-state index contributed by atoms with van der Waals surface area (Å²) in [5.74, 6) is 0. The molecule has 2 rings (SSSR count). The number of hydrogen-bond donors (Lipinski definition) is 1. The minimum absolute atomic E-state index is 0.0264. The van der Waals surface area contributed by atoms with Crippen molar-refractivity contribution in [2.24, 2.45) is 0 Å². The van der Waals surface area contributed by atoms with Crippen LogP contribution in [0.2, 0.25) is 0 Å². The lowest BCUT2D eigenvalue weighted by molar-refractivity contribution is 0.119. The molecule has 0 heterocycles. The minimum Gasteiger partial charge on any atom is -0.465 e. The predicted octanol–water partition coefficient (Wildman–Crippen LogP) is 3.34. The van der Waals surface area contributed by atoms with Crippen LogP contribution in [0.25, 0.3) is 0 Å². The first-order valence-electron chi connectivity index (χ1n) is 6.64. The minimum atomic E-state index is -0.827. The maximum Gasteiger partial charge on any atom is 0.407 e. The molecular weight excluding hydrogens is 242 g/mol. The molecule has 19 heavy (non-hydrogen) atoms. The average Bonchev–Trinajstić information content (AvgIpc) is 3.20. The topological polar surface area (TPSA) is 49.8 Å². The van der Waals surface area contributed by atoms with E-state index in [0.29, 0.717) is 6.54 Å². The Balaban J connectivity index is 2.20. The normalized spacial score (nSPS) is 16.2. The van der Waals surface area contributed by atoms with Crippen LogP contribution in [0.1, 0.15) is 42.6 Å². The molecule has 1 atom stereocenters. The van der Waals surface area contributed by atoms with Crippen LogP contribution in [0.3, 0.4) is 0 Å². The van der Waals surface area contributed by atoms with E-state index in [0.717, 1.165) is 29.5 Å². The van der Waals surface area contributed by atoms with Crippen LogP contribution in [0.5, 0.6) is 0 Å². The van der Waals surface area contributed by atoms with Gasteiger partial charge in [-0.1, -0.05) is 18.2 Å². The molecule has 1 aromatic carbocycles. The van der Waals surface area contributed by atoms with Crippen LogP contribution in [0.4, 0.5) is 4.79 Å². The largest absolute Gasteiger partial charge is 0.465 e. The number of amides is 1. The van der Waals surface area contributed by atoms with E-state index in [1.807, 2.05) is 26.0 Å². The Morgan fingerprint density at radius 3 is 2.74 bits per heavy atom. The first kappa shape index (κ1) is 13.9. The molecule has 4 nitrogen and oxygen atoms in total. The lowest BCUT2D eigenvalue weighted by Gasteiger charge is -2.21. The van der Waals surface area contributed by atoms with Gasteiger partial charge in [-0.15, -0.1) is 0 Å². The van der Waals surface area contributed by atoms with Crippen molar-refractivity contribution in [2.45, 2.75) is 45.4 Å². The number of carboxylic acid groups (broad SMARTS) is 1. The van der Waals surface area contributed by atoms with Crippen LogP contribution >= 0.6 is 0 Å². The number of ether oxygens (including phenoxy) is 1. The van der Waals surface area contributed by atoms with E-state index < -0.39 is 6.09 Å². The third kappa shape index (κ3) is 3.26. The first-order chi connectivity index (χ1) is 9.02. The Kier molecular flexibility index (Phi) is 4.10. The SMILES string of the molecule is COC(C)c1ccc(C)c(CN(C(=O)O)C2CC2)c1. The van der Waals surface area contributed by atoms with Gasteiger partial charge in [-0.05, 0) is 43.4 Å². The fourth-order valence-corrected chi connectivity index (χ4v) is 2.17. The van der Waals surface area contributed by atoms with Gasteiger partial charge in [0.05, 0.1) is 6.10 Å². The molecule has 1 aliphatic carbocycles. The van der Waals surface area contributed by atoms with Crippen molar-refractivity contribution in [2.75, 3.05) is 7.11 Å². The van der Waals surface area contributed by atoms with Crippen molar-refractivity contribution >= 4 is 6.09 Å². The van der Waals surface area contributed by atoms with E-state index >= 15 is 0 Å². The highest BCUT2D eigenvalue weighted by molar-refractivity contribution is 5.66. The van der Waals surface area contributed by atoms with E-state index in [4.69, 9.17) is 4.74 Å². The van der Waals surface area contributed by atoms with Crippen LogP contribution in [-0.2, 0) is 11.3 Å². The number of hydrogen-bond acceptors (Lipinski definition) is 2. The lowest BCUT2D eigenvalue weighted by atomic mass is 10.0. The van der Waals surface area contributed by atoms with Crippen LogP contribution in [0, 0.1) is 6.92 Å². The number of methoxy groups -OCH3 is 1. The first-order valence-corrected chi connectivity index (χ1v) is 6.64. The Morgan fingerprint density at radius 1 is 1.53 bits per heavy atom. The van der Waals surface area contributed by atoms with Crippen molar-refractivity contribution in [3.63, 3.8) is 0 Å². The summed E-state index contributed by atoms with van der Waals surface area (Å²) in [6.07, 6.45) is 1.17. The van der Waals surface area contributed by atoms with Crippen molar-refractivity contribution < 1.29 is 14.6 Å². The van der Waals surface area contributed by atoms with Crippen molar-refractivity contribution in [3.8, 4) is 0 Å². The Labute approximate surface area is 114 Å². The monoisotopic (exact) mass is 263 g/mol. The maximum atomic E-state index is 11.3. The van der Waals surface area contributed by atoms with Gasteiger partial charge in [-0.25, -0.2) is 4.79 Å². The average molecular weight is 263 g/mol. The molecule has 1 N–H and O–H groups in total. The summed E-state index contributed by atoms with van der Waals surface area (Å²) < 4.78 is 5.31. The van der Waals surface area contributed by atoms with E-state index in [9.17, 15) is 9.90 Å². The van der Waals surface area contributed by atoms with Gasteiger partial charge < -0.3 is 14.7 Å². The van der Waals surface area contributed by atoms with Gasteiger partial charge in [0.15, 0.2) is 0 Å². The molecule has 4 heteroatoms. The van der Waals surface area contributed by atoms with Crippen molar-refractivity contribution in [1.29, 1.82) is 0 Å². The van der Waals surface area contributed by atoms with Gasteiger partial charge >= 0.3 is 6.09 Å². The van der Waals surface area contributed by atoms with Gasteiger partial charge in [-0.2, -0.15) is 0 Å². The zero-order valence-electron chi connectivity index (χ0n) is 11.7. The fraction of sp³-hybridized carbons (Fsp3) is 0.533. The summed E-state index contributed by atoms with van der Waals surface area (Å²) in [5, 5.41) is 9.26. The maximum absolute atomic E-state index is 11.3. The zero-order chi connectivity index (χ0) is 14.0. The summed E-state index contributed by atoms with van der Waals surface area (Å²) in [6, 6.07) is 6.34. The summed E-state index contributed by atoms with van der Waals surface area (Å²) in [4.78, 5) is 12.8. The molecule has 0 radical (unpaired) electrons. The van der Waals surface area contributed by atoms with Crippen LogP contribution < -0.4 is 0 Å². The molecule has 104 valence electrons. The molecule has 1 aliphatic rings. The molecule has 0 bridgehead atoms. The van der Waals surface area contributed by atoms with Gasteiger partial charge in [0.2, 0.25) is 0 Å². The second-order valence-electron chi connectivity index (χ2n) is 5.21. The molecule has 1 saturated carbocycles. The van der Waals surface area contributed by atoms with Gasteiger partial charge in [0.25, 0.3) is 0 Å². The summed E-state index contributed by atoms with van der Waals surface area (Å²) in [6.45, 7) is 4.48. The molecule has 0 saturated heterocycles. The van der Waals surface area contributed by atoms with Crippen LogP contribution in [0.15, 0.2) is 18.2 Å². The number of benzene rings is 1. The Bertz CT molecular complexity index is 468. The van der Waals surface area contributed by atoms with Crippen molar-refractivity contribution in [1.82, 2.24) is 4.90 Å². The summed E-state index contributed by atoms with van der Waals surface area (Å²) in [5.41, 5.74) is 3.28. The molecule has 1 fully saturated rings. The third-order valence-corrected chi connectivity index (χ3v) is 3.77. The van der Waals surface area contributed by atoms with E-state index in [1.165, 1.54) is 0 Å². The summed E-state index contributed by atoms with van der Waals surface area (Å²) >= 11 is 0. The second kappa shape index (κ2) is 5.61. The van der Waals surface area contributed by atoms with Gasteiger partial charge in [-0.3, -0.25) is 0 Å². The number of carbonyl (C=O) groups is 1. The molecule has 0 spiro atoms. The quantitative estimate of drug-likeness (QED) is 0.886. The van der Waals surface area contributed by atoms with Crippen molar-refractivity contribution in [3.05, 3.63) is 34.9 Å². The van der Waals surface area contributed by atoms with E-state index in [-0.39, 0.29) is 12.1 Å². The number of aryl methyl sites for hydroxylation is 1. The van der Waals surface area contributed by atoms with Crippen LogP contribution in [-0.4, -0.2) is 29.3 Å². The summed E-state index contributed by atoms with van der Waals surface area (Å²) in [7, 11) is 1.68. The molecule has 1 amide bonds. The predicted molar refractivity (Wildman–Crippen MR) is 73.2 cm³/mol. The molecule has 1 unspecified atom stereocenters. The third-order valence-electron chi connectivity index (χ3n) is 3.77. The zero-order valence-corrected chi connectivity index (χ0v) is 11.7. The molecule has 0 aromatic heterocycles. The highest BCUT2D eigenvalue weighted by Crippen LogP contribution is 2.29. The lowest BCUT2D eigenvalue weighted by Crippen LogP contribution is -2.31. The second-order valence-corrected chi connectivity index (χ2v) is 5.21. The molecular formula is C15H21NO3. The smallest absolute Gasteiger partial charge is 0.407 e.